The largest absolute Gasteiger partial charge is 0.338 e. The van der Waals surface area contributed by atoms with Crippen LogP contribution in [-0.4, -0.2) is 29.9 Å². The second-order valence-corrected chi connectivity index (χ2v) is 3.50. The van der Waals surface area contributed by atoms with E-state index in [2.05, 4.69) is 0 Å². The van der Waals surface area contributed by atoms with E-state index in [1.54, 1.807) is 0 Å². The Labute approximate surface area is 66.5 Å². The summed E-state index contributed by atoms with van der Waals surface area (Å²) in [4.78, 5) is 13.2. The van der Waals surface area contributed by atoms with Crippen molar-refractivity contribution in [1.82, 2.24) is 4.90 Å². The second kappa shape index (κ2) is 2.48. The maximum Gasteiger partial charge on any atom is 0.236 e. The summed E-state index contributed by atoms with van der Waals surface area (Å²) in [5.41, 5.74) is 5.29. The van der Waals surface area contributed by atoms with Crippen LogP contribution in [-0.2, 0) is 4.79 Å². The molecule has 0 bridgehead atoms. The fourth-order valence-electron chi connectivity index (χ4n) is 2.04. The lowest BCUT2D eigenvalue weighted by molar-refractivity contribution is -0.131. The van der Waals surface area contributed by atoms with Crippen molar-refractivity contribution in [3.8, 4) is 0 Å². The van der Waals surface area contributed by atoms with Crippen LogP contribution >= 0.6 is 0 Å². The zero-order chi connectivity index (χ0) is 7.84. The Morgan fingerprint density at radius 1 is 1.64 bits per heavy atom. The Morgan fingerprint density at radius 2 is 2.45 bits per heavy atom. The number of carbonyl (C=O) groups is 1. The van der Waals surface area contributed by atoms with Crippen LogP contribution < -0.4 is 5.73 Å². The minimum atomic E-state index is 0.136. The zero-order valence-corrected chi connectivity index (χ0v) is 6.62. The Kier molecular flexibility index (Phi) is 1.60. The standard InChI is InChI=1S/C8H14N2O/c9-5-8(11)10-3-1-2-6-4-7(6)10/h6-7H,1-5,9H2. The first kappa shape index (κ1) is 7.10. The van der Waals surface area contributed by atoms with Gasteiger partial charge in [0, 0.05) is 12.6 Å². The average molecular weight is 154 g/mol. The molecule has 1 saturated heterocycles. The van der Waals surface area contributed by atoms with Gasteiger partial charge >= 0.3 is 0 Å². The van der Waals surface area contributed by atoms with E-state index in [9.17, 15) is 4.79 Å². The molecule has 0 aromatic carbocycles. The van der Waals surface area contributed by atoms with Gasteiger partial charge in [-0.3, -0.25) is 4.79 Å². The summed E-state index contributed by atoms with van der Waals surface area (Å²) in [5, 5.41) is 0. The molecule has 2 unspecified atom stereocenters. The average Bonchev–Trinajstić information content (AvgIpc) is 2.80. The first-order valence-electron chi connectivity index (χ1n) is 4.32. The maximum atomic E-state index is 11.2. The Bertz CT molecular complexity index is 181. The Morgan fingerprint density at radius 3 is 3.18 bits per heavy atom. The number of hydrogen-bond donors (Lipinski definition) is 1. The van der Waals surface area contributed by atoms with E-state index in [4.69, 9.17) is 5.73 Å². The highest BCUT2D eigenvalue weighted by molar-refractivity contribution is 5.78. The summed E-state index contributed by atoms with van der Waals surface area (Å²) in [6.45, 7) is 1.13. The van der Waals surface area contributed by atoms with Crippen LogP contribution in [0, 0.1) is 5.92 Å². The molecule has 0 spiro atoms. The van der Waals surface area contributed by atoms with Crippen molar-refractivity contribution >= 4 is 5.91 Å². The van der Waals surface area contributed by atoms with Crippen LogP contribution in [0.15, 0.2) is 0 Å². The molecular weight excluding hydrogens is 140 g/mol. The van der Waals surface area contributed by atoms with Crippen LogP contribution in [0.1, 0.15) is 19.3 Å². The molecule has 1 saturated carbocycles. The van der Waals surface area contributed by atoms with Crippen molar-refractivity contribution in [3.63, 3.8) is 0 Å². The van der Waals surface area contributed by atoms with Gasteiger partial charge in [-0.2, -0.15) is 0 Å². The molecule has 2 atom stereocenters. The third kappa shape index (κ3) is 1.13. The highest BCUT2D eigenvalue weighted by Gasteiger charge is 2.45. The van der Waals surface area contributed by atoms with E-state index in [-0.39, 0.29) is 12.5 Å². The van der Waals surface area contributed by atoms with Crippen molar-refractivity contribution in [2.24, 2.45) is 11.7 Å². The predicted molar refractivity (Wildman–Crippen MR) is 41.9 cm³/mol. The summed E-state index contributed by atoms with van der Waals surface area (Å²) in [6, 6.07) is 0.569. The molecule has 2 rings (SSSR count). The third-order valence-electron chi connectivity index (χ3n) is 2.75. The number of hydrogen-bond acceptors (Lipinski definition) is 2. The minimum absolute atomic E-state index is 0.136. The first-order valence-corrected chi connectivity index (χ1v) is 4.32. The molecule has 1 aliphatic carbocycles. The maximum absolute atomic E-state index is 11.2. The summed E-state index contributed by atoms with van der Waals surface area (Å²) in [5.74, 6) is 0.955. The van der Waals surface area contributed by atoms with Crippen LogP contribution in [0.3, 0.4) is 0 Å². The lowest BCUT2D eigenvalue weighted by atomic mass is 10.1. The molecule has 0 radical (unpaired) electrons. The molecule has 0 aromatic heterocycles. The molecule has 2 N–H and O–H groups in total. The fourth-order valence-corrected chi connectivity index (χ4v) is 2.04. The van der Waals surface area contributed by atoms with Gasteiger partial charge in [0.15, 0.2) is 0 Å². The molecule has 1 aliphatic heterocycles. The van der Waals surface area contributed by atoms with Crippen molar-refractivity contribution in [2.45, 2.75) is 25.3 Å². The number of nitrogens with zero attached hydrogens (tertiary/aromatic N) is 1. The summed E-state index contributed by atoms with van der Waals surface area (Å²) in [7, 11) is 0. The van der Waals surface area contributed by atoms with Crippen LogP contribution in [0.2, 0.25) is 0 Å². The molecule has 3 heteroatoms. The van der Waals surface area contributed by atoms with Gasteiger partial charge < -0.3 is 10.6 Å². The van der Waals surface area contributed by atoms with Gasteiger partial charge in [0.25, 0.3) is 0 Å². The molecular formula is C8H14N2O. The quantitative estimate of drug-likeness (QED) is 0.576. The first-order chi connectivity index (χ1) is 5.33. The number of likely N-dealkylation sites (tertiary alicyclic amines) is 1. The second-order valence-electron chi connectivity index (χ2n) is 3.50. The summed E-state index contributed by atoms with van der Waals surface area (Å²) in [6.07, 6.45) is 3.72. The number of carbonyl (C=O) groups excluding carboxylic acids is 1. The molecule has 62 valence electrons. The molecule has 1 heterocycles. The molecule has 2 aliphatic rings. The third-order valence-corrected chi connectivity index (χ3v) is 2.75. The van der Waals surface area contributed by atoms with Crippen LogP contribution in [0.5, 0.6) is 0 Å². The Balaban J connectivity index is 1.97. The van der Waals surface area contributed by atoms with Crippen LogP contribution in [0.25, 0.3) is 0 Å². The van der Waals surface area contributed by atoms with Gasteiger partial charge in [-0.15, -0.1) is 0 Å². The molecule has 2 fully saturated rings. The van der Waals surface area contributed by atoms with E-state index >= 15 is 0 Å². The number of piperidine rings is 1. The van der Waals surface area contributed by atoms with Crippen molar-refractivity contribution in [1.29, 1.82) is 0 Å². The molecule has 3 nitrogen and oxygen atoms in total. The highest BCUT2D eigenvalue weighted by atomic mass is 16.2. The van der Waals surface area contributed by atoms with Crippen LogP contribution in [0.4, 0.5) is 0 Å². The molecule has 11 heavy (non-hydrogen) atoms. The SMILES string of the molecule is NCC(=O)N1CCCC2CC21. The van der Waals surface area contributed by atoms with Gasteiger partial charge in [0.1, 0.15) is 0 Å². The fraction of sp³-hybridized carbons (Fsp3) is 0.875. The number of fused-ring (bicyclic) bond motifs is 1. The summed E-state index contributed by atoms with van der Waals surface area (Å²) >= 11 is 0. The molecule has 1 amide bonds. The van der Waals surface area contributed by atoms with Crippen molar-refractivity contribution in [2.75, 3.05) is 13.1 Å². The van der Waals surface area contributed by atoms with E-state index in [1.807, 2.05) is 4.90 Å². The topological polar surface area (TPSA) is 46.3 Å². The summed E-state index contributed by atoms with van der Waals surface area (Å²) < 4.78 is 0. The van der Waals surface area contributed by atoms with Crippen molar-refractivity contribution in [3.05, 3.63) is 0 Å². The minimum Gasteiger partial charge on any atom is -0.338 e. The lowest BCUT2D eigenvalue weighted by Crippen LogP contribution is -2.40. The zero-order valence-electron chi connectivity index (χ0n) is 6.62. The molecule has 0 aromatic rings. The number of rotatable bonds is 1. The lowest BCUT2D eigenvalue weighted by Gasteiger charge is -2.25. The van der Waals surface area contributed by atoms with Gasteiger partial charge in [0.05, 0.1) is 6.54 Å². The van der Waals surface area contributed by atoms with E-state index in [1.165, 1.54) is 19.3 Å². The van der Waals surface area contributed by atoms with Gasteiger partial charge in [-0.05, 0) is 25.2 Å². The predicted octanol–water partition coefficient (Wildman–Crippen LogP) is -0.0440. The van der Waals surface area contributed by atoms with Gasteiger partial charge in [-0.25, -0.2) is 0 Å². The van der Waals surface area contributed by atoms with E-state index in [0.717, 1.165) is 12.5 Å². The van der Waals surface area contributed by atoms with Gasteiger partial charge in [-0.1, -0.05) is 0 Å². The number of nitrogens with two attached hydrogens (primary N) is 1. The monoisotopic (exact) mass is 154 g/mol. The van der Waals surface area contributed by atoms with Gasteiger partial charge in [0.2, 0.25) is 5.91 Å². The Hall–Kier alpha value is -0.570. The number of amides is 1. The smallest absolute Gasteiger partial charge is 0.236 e. The van der Waals surface area contributed by atoms with Crippen molar-refractivity contribution < 1.29 is 4.79 Å². The van der Waals surface area contributed by atoms with E-state index < -0.39 is 0 Å². The van der Waals surface area contributed by atoms with E-state index in [0.29, 0.717) is 6.04 Å². The highest BCUT2D eigenvalue weighted by Crippen LogP contribution is 2.42. The normalized spacial score (nSPS) is 34.8.